The minimum Gasteiger partial charge on any atom is -0.435 e. The Balaban J connectivity index is 1.94. The minimum atomic E-state index is -2.80. The topological polar surface area (TPSA) is 40.1 Å². The molecule has 1 fully saturated rings. The molecule has 1 aromatic rings. The quantitative estimate of drug-likeness (QED) is 0.536. The lowest BCUT2D eigenvalue weighted by Crippen LogP contribution is -2.42. The van der Waals surface area contributed by atoms with Gasteiger partial charge < -0.3 is 19.9 Å². The molecule has 7 heteroatoms. The van der Waals surface area contributed by atoms with Crippen LogP contribution in [-0.2, 0) is 6.54 Å². The van der Waals surface area contributed by atoms with E-state index in [1.54, 1.807) is 24.3 Å². The molecule has 1 aliphatic rings. The third-order valence-electron chi connectivity index (χ3n) is 5.04. The molecule has 0 radical (unpaired) electrons. The van der Waals surface area contributed by atoms with Crippen molar-refractivity contribution in [1.82, 2.24) is 15.1 Å². The van der Waals surface area contributed by atoms with E-state index < -0.39 is 6.61 Å². The second kappa shape index (κ2) is 11.2. The molecule has 1 aliphatic heterocycles. The first-order valence-corrected chi connectivity index (χ1v) is 10.2. The molecule has 28 heavy (non-hydrogen) atoms. The highest BCUT2D eigenvalue weighted by atomic mass is 19.3. The van der Waals surface area contributed by atoms with Crippen LogP contribution in [-0.4, -0.2) is 61.6 Å². The second-order valence-corrected chi connectivity index (χ2v) is 7.67. The molecule has 158 valence electrons. The summed E-state index contributed by atoms with van der Waals surface area (Å²) in [5.74, 6) is 1.63. The van der Waals surface area contributed by atoms with Gasteiger partial charge in [0, 0.05) is 39.3 Å². The molecule has 0 bridgehead atoms. The first-order chi connectivity index (χ1) is 13.4. The molecule has 5 nitrogen and oxygen atoms in total. The number of likely N-dealkylation sites (tertiary alicyclic amines) is 1. The van der Waals surface area contributed by atoms with Crippen LogP contribution in [0.25, 0.3) is 0 Å². The summed E-state index contributed by atoms with van der Waals surface area (Å²) in [7, 11) is 1.99. The summed E-state index contributed by atoms with van der Waals surface area (Å²) >= 11 is 0. The summed E-state index contributed by atoms with van der Waals surface area (Å²) in [5, 5.41) is 3.35. The van der Waals surface area contributed by atoms with Gasteiger partial charge >= 0.3 is 6.61 Å². The van der Waals surface area contributed by atoms with Crippen molar-refractivity contribution in [2.45, 2.75) is 52.8 Å². The zero-order valence-corrected chi connectivity index (χ0v) is 17.5. The van der Waals surface area contributed by atoms with Crippen LogP contribution in [0.2, 0.25) is 0 Å². The van der Waals surface area contributed by atoms with Gasteiger partial charge in [-0.15, -0.1) is 0 Å². The number of ether oxygens (including phenoxy) is 1. The third-order valence-corrected chi connectivity index (χ3v) is 5.04. The maximum atomic E-state index is 12.3. The smallest absolute Gasteiger partial charge is 0.387 e. The summed E-state index contributed by atoms with van der Waals surface area (Å²) in [6.07, 6.45) is 2.46. The van der Waals surface area contributed by atoms with E-state index >= 15 is 0 Å². The molecule has 1 saturated heterocycles. The van der Waals surface area contributed by atoms with Gasteiger partial charge in [-0.25, -0.2) is 0 Å². The van der Waals surface area contributed by atoms with Crippen molar-refractivity contribution in [2.24, 2.45) is 10.9 Å². The first kappa shape index (κ1) is 22.4. The molecule has 1 heterocycles. The van der Waals surface area contributed by atoms with Crippen molar-refractivity contribution >= 4 is 5.96 Å². The van der Waals surface area contributed by atoms with Crippen molar-refractivity contribution in [3.8, 4) is 5.75 Å². The number of halogens is 2. The van der Waals surface area contributed by atoms with Gasteiger partial charge in [0.1, 0.15) is 5.75 Å². The van der Waals surface area contributed by atoms with Gasteiger partial charge in [-0.1, -0.05) is 12.1 Å². The molecule has 0 spiro atoms. The number of guanidine groups is 1. The van der Waals surface area contributed by atoms with Crippen molar-refractivity contribution < 1.29 is 13.5 Å². The maximum Gasteiger partial charge on any atom is 0.387 e. The summed E-state index contributed by atoms with van der Waals surface area (Å²) in [6, 6.07) is 7.34. The van der Waals surface area contributed by atoms with E-state index in [4.69, 9.17) is 4.99 Å². The number of hydrogen-bond acceptors (Lipinski definition) is 3. The van der Waals surface area contributed by atoms with Gasteiger partial charge in [-0.05, 0) is 63.8 Å². The molecule has 2 rings (SSSR count). The number of alkyl halides is 2. The Hall–Kier alpha value is -1.89. The van der Waals surface area contributed by atoms with Crippen LogP contribution in [0.15, 0.2) is 29.3 Å². The Morgan fingerprint density at radius 1 is 1.32 bits per heavy atom. The molecule has 1 unspecified atom stereocenters. The highest BCUT2D eigenvalue weighted by molar-refractivity contribution is 5.79. The minimum absolute atomic E-state index is 0.175. The van der Waals surface area contributed by atoms with Crippen LogP contribution in [0, 0.1) is 5.92 Å². The molecule has 0 saturated carbocycles. The van der Waals surface area contributed by atoms with Gasteiger partial charge in [-0.2, -0.15) is 8.78 Å². The summed E-state index contributed by atoms with van der Waals surface area (Å²) in [6.45, 7) is 8.31. The van der Waals surface area contributed by atoms with Crippen LogP contribution in [0.5, 0.6) is 5.75 Å². The Morgan fingerprint density at radius 2 is 2.04 bits per heavy atom. The monoisotopic (exact) mass is 396 g/mol. The molecule has 1 N–H and O–H groups in total. The van der Waals surface area contributed by atoms with Gasteiger partial charge in [-0.3, -0.25) is 4.99 Å². The number of aliphatic imine (C=N–C) groups is 1. The predicted octanol–water partition coefficient (Wildman–Crippen LogP) is 3.81. The van der Waals surface area contributed by atoms with Crippen molar-refractivity contribution in [3.63, 3.8) is 0 Å². The number of nitrogens with zero attached hydrogens (tertiary/aromatic N) is 3. The van der Waals surface area contributed by atoms with Crippen molar-refractivity contribution in [3.05, 3.63) is 29.8 Å². The van der Waals surface area contributed by atoms with Crippen molar-refractivity contribution in [2.75, 3.05) is 33.2 Å². The lowest BCUT2D eigenvalue weighted by atomic mass is 9.97. The SMILES string of the molecule is CCNC(=NCC1CCCN(C(C)C)C1)N(C)Cc1ccc(OC(F)F)cc1. The number of benzene rings is 1. The maximum absolute atomic E-state index is 12.3. The molecule has 0 aromatic heterocycles. The van der Waals surface area contributed by atoms with E-state index in [2.05, 4.69) is 40.6 Å². The Bertz CT molecular complexity index is 607. The van der Waals surface area contributed by atoms with Crippen LogP contribution >= 0.6 is 0 Å². The molecule has 0 aliphatic carbocycles. The van der Waals surface area contributed by atoms with Crippen LogP contribution in [0.3, 0.4) is 0 Å². The Morgan fingerprint density at radius 3 is 2.64 bits per heavy atom. The van der Waals surface area contributed by atoms with Gasteiger partial charge in [0.25, 0.3) is 0 Å². The number of nitrogens with one attached hydrogen (secondary N) is 1. The van der Waals surface area contributed by atoms with Crippen LogP contribution < -0.4 is 10.1 Å². The van der Waals surface area contributed by atoms with Gasteiger partial charge in [0.15, 0.2) is 5.96 Å². The fourth-order valence-corrected chi connectivity index (χ4v) is 3.53. The molecule has 1 atom stereocenters. The number of hydrogen-bond donors (Lipinski definition) is 1. The second-order valence-electron chi connectivity index (χ2n) is 7.67. The van der Waals surface area contributed by atoms with E-state index in [9.17, 15) is 8.78 Å². The van der Waals surface area contributed by atoms with Crippen LogP contribution in [0.1, 0.15) is 39.2 Å². The fourth-order valence-electron chi connectivity index (χ4n) is 3.53. The molecule has 0 amide bonds. The van der Waals surface area contributed by atoms with E-state index in [0.29, 0.717) is 18.5 Å². The van der Waals surface area contributed by atoms with Gasteiger partial charge in [0.2, 0.25) is 0 Å². The lowest BCUT2D eigenvalue weighted by Gasteiger charge is -2.35. The Labute approximate surface area is 167 Å². The lowest BCUT2D eigenvalue weighted by molar-refractivity contribution is -0.0498. The summed E-state index contributed by atoms with van der Waals surface area (Å²) < 4.78 is 28.9. The normalized spacial score (nSPS) is 18.6. The van der Waals surface area contributed by atoms with E-state index in [0.717, 1.165) is 31.2 Å². The molecular weight excluding hydrogens is 362 g/mol. The zero-order valence-electron chi connectivity index (χ0n) is 17.5. The van der Waals surface area contributed by atoms with Gasteiger partial charge in [0.05, 0.1) is 0 Å². The average molecular weight is 397 g/mol. The first-order valence-electron chi connectivity index (χ1n) is 10.2. The summed E-state index contributed by atoms with van der Waals surface area (Å²) in [5.41, 5.74) is 1.01. The zero-order chi connectivity index (χ0) is 20.5. The average Bonchev–Trinajstić information content (AvgIpc) is 2.66. The third kappa shape index (κ3) is 7.26. The van der Waals surface area contributed by atoms with E-state index in [-0.39, 0.29) is 5.75 Å². The number of rotatable bonds is 8. The highest BCUT2D eigenvalue weighted by Gasteiger charge is 2.21. The standard InChI is InChI=1S/C21H34F2N4O/c1-5-24-21(25-13-18-7-6-12-27(15-18)16(2)3)26(4)14-17-8-10-19(11-9-17)28-20(22)23/h8-11,16,18,20H,5-7,12-15H2,1-4H3,(H,24,25). The van der Waals surface area contributed by atoms with Crippen molar-refractivity contribution in [1.29, 1.82) is 0 Å². The predicted molar refractivity (Wildman–Crippen MR) is 110 cm³/mol. The summed E-state index contributed by atoms with van der Waals surface area (Å²) in [4.78, 5) is 9.46. The van der Waals surface area contributed by atoms with E-state index in [1.807, 2.05) is 7.05 Å². The molecule has 1 aromatic carbocycles. The number of piperidine rings is 1. The fraction of sp³-hybridized carbons (Fsp3) is 0.667. The Kier molecular flexibility index (Phi) is 8.96. The molecular formula is C21H34F2N4O. The van der Waals surface area contributed by atoms with Crippen LogP contribution in [0.4, 0.5) is 8.78 Å². The highest BCUT2D eigenvalue weighted by Crippen LogP contribution is 2.19. The van der Waals surface area contributed by atoms with E-state index in [1.165, 1.54) is 19.4 Å². The largest absolute Gasteiger partial charge is 0.435 e.